The quantitative estimate of drug-likeness (QED) is 0.668. The maximum Gasteiger partial charge on any atom is 0.329 e. The number of carbonyl (C=O) groups excluding carboxylic acids is 3. The van der Waals surface area contributed by atoms with Crippen molar-refractivity contribution in [2.75, 3.05) is 0 Å². The maximum absolute atomic E-state index is 12.7. The lowest BCUT2D eigenvalue weighted by atomic mass is 9.83. The molecule has 1 aliphatic carbocycles. The van der Waals surface area contributed by atoms with Gasteiger partial charge in [0.1, 0.15) is 11.6 Å². The minimum absolute atomic E-state index is 0.231. The van der Waals surface area contributed by atoms with Crippen LogP contribution in [0.15, 0.2) is 24.3 Å². The Labute approximate surface area is 178 Å². The Morgan fingerprint density at radius 2 is 1.80 bits per heavy atom. The number of ether oxygens (including phenoxy) is 1. The third-order valence-electron chi connectivity index (χ3n) is 5.43. The molecule has 7 heteroatoms. The fraction of sp³-hybridized carbons (Fsp3) is 0.565. The van der Waals surface area contributed by atoms with Gasteiger partial charge in [-0.2, -0.15) is 5.26 Å². The van der Waals surface area contributed by atoms with Crippen LogP contribution in [-0.2, 0) is 14.3 Å². The second-order valence-corrected chi connectivity index (χ2v) is 8.39. The molecule has 0 spiro atoms. The molecule has 2 N–H and O–H groups in total. The molecule has 0 radical (unpaired) electrons. The van der Waals surface area contributed by atoms with Crippen molar-refractivity contribution in [3.05, 3.63) is 35.4 Å². The van der Waals surface area contributed by atoms with Crippen LogP contribution in [-0.4, -0.2) is 35.5 Å². The van der Waals surface area contributed by atoms with E-state index in [9.17, 15) is 19.6 Å². The second-order valence-electron chi connectivity index (χ2n) is 8.39. The summed E-state index contributed by atoms with van der Waals surface area (Å²) in [5, 5.41) is 15.0. The number of aryl methyl sites for hydroxylation is 1. The normalized spacial score (nSPS) is 17.3. The Hall–Kier alpha value is -2.88. The molecule has 0 heterocycles. The topological polar surface area (TPSA) is 108 Å². The Morgan fingerprint density at radius 3 is 2.37 bits per heavy atom. The van der Waals surface area contributed by atoms with E-state index >= 15 is 0 Å². The molecule has 1 saturated carbocycles. The molecule has 2 rings (SSSR count). The Kier molecular flexibility index (Phi) is 7.99. The number of nitriles is 1. The van der Waals surface area contributed by atoms with Crippen LogP contribution in [0.4, 0.5) is 0 Å². The third kappa shape index (κ3) is 6.06. The monoisotopic (exact) mass is 413 g/mol. The summed E-state index contributed by atoms with van der Waals surface area (Å²) in [6.07, 6.45) is 2.92. The predicted molar refractivity (Wildman–Crippen MR) is 112 cm³/mol. The van der Waals surface area contributed by atoms with E-state index in [4.69, 9.17) is 4.74 Å². The summed E-state index contributed by atoms with van der Waals surface area (Å²) in [6, 6.07) is 8.38. The first-order valence-electron chi connectivity index (χ1n) is 10.5. The highest BCUT2D eigenvalue weighted by Gasteiger charge is 2.36. The van der Waals surface area contributed by atoms with Gasteiger partial charge < -0.3 is 15.4 Å². The SMILES string of the molecule is Cc1cccc(C(=O)N[C@H](C(=O)OC(C)C(=O)NC2(C#N)CCCCC2)C(C)C)c1. The third-order valence-corrected chi connectivity index (χ3v) is 5.43. The van der Waals surface area contributed by atoms with Gasteiger partial charge in [0.25, 0.3) is 11.8 Å². The average Bonchev–Trinajstić information content (AvgIpc) is 2.72. The van der Waals surface area contributed by atoms with Gasteiger partial charge in [0, 0.05) is 5.56 Å². The van der Waals surface area contributed by atoms with E-state index in [1.54, 1.807) is 32.0 Å². The molecule has 30 heavy (non-hydrogen) atoms. The fourth-order valence-corrected chi connectivity index (χ4v) is 3.57. The molecule has 1 fully saturated rings. The molecule has 1 aliphatic rings. The van der Waals surface area contributed by atoms with Crippen LogP contribution < -0.4 is 10.6 Å². The van der Waals surface area contributed by atoms with E-state index in [1.165, 1.54) is 6.92 Å². The van der Waals surface area contributed by atoms with Crippen molar-refractivity contribution in [1.82, 2.24) is 10.6 Å². The molecule has 7 nitrogen and oxygen atoms in total. The minimum Gasteiger partial charge on any atom is -0.451 e. The van der Waals surface area contributed by atoms with Crippen LogP contribution in [0.2, 0.25) is 0 Å². The zero-order chi connectivity index (χ0) is 22.3. The van der Waals surface area contributed by atoms with Crippen molar-refractivity contribution in [2.24, 2.45) is 5.92 Å². The number of esters is 1. The number of hydrogen-bond donors (Lipinski definition) is 2. The molecular weight excluding hydrogens is 382 g/mol. The van der Waals surface area contributed by atoms with Crippen LogP contribution in [0.1, 0.15) is 68.8 Å². The summed E-state index contributed by atoms with van der Waals surface area (Å²) >= 11 is 0. The van der Waals surface area contributed by atoms with Gasteiger partial charge in [-0.1, -0.05) is 50.8 Å². The van der Waals surface area contributed by atoms with Gasteiger partial charge in [0.2, 0.25) is 0 Å². The lowest BCUT2D eigenvalue weighted by Gasteiger charge is -2.32. The van der Waals surface area contributed by atoms with Gasteiger partial charge in [-0.25, -0.2) is 4.79 Å². The molecule has 2 amide bonds. The van der Waals surface area contributed by atoms with Crippen LogP contribution in [0, 0.1) is 24.2 Å². The summed E-state index contributed by atoms with van der Waals surface area (Å²) < 4.78 is 5.35. The van der Waals surface area contributed by atoms with E-state index in [1.807, 2.05) is 13.0 Å². The highest BCUT2D eigenvalue weighted by atomic mass is 16.5. The van der Waals surface area contributed by atoms with Gasteiger partial charge in [-0.15, -0.1) is 0 Å². The number of hydrogen-bond acceptors (Lipinski definition) is 5. The minimum atomic E-state index is -1.07. The van der Waals surface area contributed by atoms with Gasteiger partial charge in [0.05, 0.1) is 6.07 Å². The summed E-state index contributed by atoms with van der Waals surface area (Å²) in [5.74, 6) is -1.79. The first-order valence-corrected chi connectivity index (χ1v) is 10.5. The number of benzene rings is 1. The molecule has 0 saturated heterocycles. The maximum atomic E-state index is 12.7. The van der Waals surface area contributed by atoms with Crippen molar-refractivity contribution in [2.45, 2.75) is 77.5 Å². The first kappa shape index (κ1) is 23.4. The standard InChI is InChI=1S/C23H31N3O4/c1-15(2)19(25-21(28)18-10-8-9-16(3)13-18)22(29)30-17(4)20(27)26-23(14-24)11-6-5-7-12-23/h8-10,13,15,17,19H,5-7,11-12H2,1-4H3,(H,25,28)(H,26,27)/t17?,19-/m0/s1. The lowest BCUT2D eigenvalue weighted by Crippen LogP contribution is -2.53. The summed E-state index contributed by atoms with van der Waals surface area (Å²) in [5.41, 5.74) is 0.491. The van der Waals surface area contributed by atoms with E-state index < -0.39 is 29.6 Å². The first-order chi connectivity index (χ1) is 14.2. The molecule has 2 atom stereocenters. The van der Waals surface area contributed by atoms with E-state index in [-0.39, 0.29) is 11.8 Å². The van der Waals surface area contributed by atoms with Crippen molar-refractivity contribution in [3.63, 3.8) is 0 Å². The summed E-state index contributed by atoms with van der Waals surface area (Å²) in [4.78, 5) is 37.8. The molecular formula is C23H31N3O4. The van der Waals surface area contributed by atoms with Crippen LogP contribution in [0.25, 0.3) is 0 Å². The van der Waals surface area contributed by atoms with Crippen molar-refractivity contribution < 1.29 is 19.1 Å². The Balaban J connectivity index is 2.00. The molecule has 0 bridgehead atoms. The fourth-order valence-electron chi connectivity index (χ4n) is 3.57. The highest BCUT2D eigenvalue weighted by Crippen LogP contribution is 2.27. The van der Waals surface area contributed by atoms with E-state index in [2.05, 4.69) is 16.7 Å². The molecule has 0 aromatic heterocycles. The van der Waals surface area contributed by atoms with E-state index in [0.29, 0.717) is 18.4 Å². The van der Waals surface area contributed by atoms with Gasteiger partial charge in [-0.3, -0.25) is 9.59 Å². The number of nitrogens with zero attached hydrogens (tertiary/aromatic N) is 1. The van der Waals surface area contributed by atoms with Crippen molar-refractivity contribution in [3.8, 4) is 6.07 Å². The van der Waals surface area contributed by atoms with Crippen molar-refractivity contribution in [1.29, 1.82) is 5.26 Å². The van der Waals surface area contributed by atoms with Crippen LogP contribution in [0.3, 0.4) is 0 Å². The van der Waals surface area contributed by atoms with Gasteiger partial charge in [0.15, 0.2) is 6.10 Å². The molecule has 1 unspecified atom stereocenters. The lowest BCUT2D eigenvalue weighted by molar-refractivity contribution is -0.158. The predicted octanol–water partition coefficient (Wildman–Crippen LogP) is 3.02. The average molecular weight is 414 g/mol. The molecule has 1 aromatic rings. The molecule has 0 aliphatic heterocycles. The highest BCUT2D eigenvalue weighted by molar-refractivity contribution is 5.97. The van der Waals surface area contributed by atoms with Crippen LogP contribution >= 0.6 is 0 Å². The second kappa shape index (κ2) is 10.2. The number of nitrogens with one attached hydrogen (secondary N) is 2. The number of carbonyl (C=O) groups is 3. The molecule has 1 aromatic carbocycles. The number of rotatable bonds is 7. The van der Waals surface area contributed by atoms with Crippen molar-refractivity contribution >= 4 is 17.8 Å². The zero-order valence-electron chi connectivity index (χ0n) is 18.2. The van der Waals surface area contributed by atoms with E-state index in [0.717, 1.165) is 24.8 Å². The smallest absolute Gasteiger partial charge is 0.329 e. The summed E-state index contributed by atoms with van der Waals surface area (Å²) in [7, 11) is 0. The van der Waals surface area contributed by atoms with Crippen LogP contribution in [0.5, 0.6) is 0 Å². The number of amides is 2. The largest absolute Gasteiger partial charge is 0.451 e. The Morgan fingerprint density at radius 1 is 1.13 bits per heavy atom. The van der Waals surface area contributed by atoms with Gasteiger partial charge >= 0.3 is 5.97 Å². The Bertz CT molecular complexity index is 822. The zero-order valence-corrected chi connectivity index (χ0v) is 18.2. The molecule has 162 valence electrons. The van der Waals surface area contributed by atoms with Gasteiger partial charge in [-0.05, 0) is 44.7 Å². The summed E-state index contributed by atoms with van der Waals surface area (Å²) in [6.45, 7) is 6.94.